The van der Waals surface area contributed by atoms with E-state index in [1.807, 2.05) is 32.1 Å². The Labute approximate surface area is 80.9 Å². The number of hydrogen-bond donors (Lipinski definition) is 0. The van der Waals surface area contributed by atoms with Gasteiger partial charge in [0.15, 0.2) is 0 Å². The van der Waals surface area contributed by atoms with Gasteiger partial charge in [-0.15, -0.1) is 0 Å². The highest BCUT2D eigenvalue weighted by Gasteiger charge is 2.02. The van der Waals surface area contributed by atoms with E-state index in [0.29, 0.717) is 0 Å². The summed E-state index contributed by atoms with van der Waals surface area (Å²) in [6.07, 6.45) is 7.52. The van der Waals surface area contributed by atoms with Gasteiger partial charge < -0.3 is 0 Å². The normalized spacial score (nSPS) is 14.2. The van der Waals surface area contributed by atoms with Crippen molar-refractivity contribution in [3.63, 3.8) is 0 Å². The third-order valence-corrected chi connectivity index (χ3v) is 1.84. The second-order valence-electron chi connectivity index (χ2n) is 2.57. The largest absolute Gasteiger partial charge is 0.293 e. The van der Waals surface area contributed by atoms with E-state index in [4.69, 9.17) is 0 Å². The number of allylic oxidation sites excluding steroid dienone is 6. The lowest BCUT2D eigenvalue weighted by atomic mass is 10.0. The van der Waals surface area contributed by atoms with E-state index >= 15 is 0 Å². The van der Waals surface area contributed by atoms with Gasteiger partial charge in [-0.2, -0.15) is 0 Å². The summed E-state index contributed by atoms with van der Waals surface area (Å²) in [4.78, 5) is 4.14. The molecule has 0 heterocycles. The molecular formula is C12H17N. The molecule has 0 aliphatic rings. The molecule has 0 atom stereocenters. The van der Waals surface area contributed by atoms with Crippen LogP contribution in [0.25, 0.3) is 0 Å². The Bertz CT molecular complexity index is 277. The van der Waals surface area contributed by atoms with Crippen LogP contribution in [-0.4, -0.2) is 12.8 Å². The Hall–Kier alpha value is -1.37. The van der Waals surface area contributed by atoms with Gasteiger partial charge in [-0.05, 0) is 25.0 Å². The lowest BCUT2D eigenvalue weighted by Gasteiger charge is -2.06. The zero-order valence-corrected chi connectivity index (χ0v) is 8.67. The minimum atomic E-state index is 1.01. The zero-order valence-electron chi connectivity index (χ0n) is 8.67. The van der Waals surface area contributed by atoms with Crippen molar-refractivity contribution in [3.05, 3.63) is 48.6 Å². The minimum absolute atomic E-state index is 1.01. The zero-order chi connectivity index (χ0) is 10.3. The quantitative estimate of drug-likeness (QED) is 0.459. The molecule has 0 saturated heterocycles. The second-order valence-corrected chi connectivity index (χ2v) is 2.57. The average Bonchev–Trinajstić information content (AvgIpc) is 2.17. The van der Waals surface area contributed by atoms with Crippen LogP contribution in [-0.2, 0) is 0 Å². The SMILES string of the molecule is C=C/C=C(C=C)\C(=C/C)C(C)=NC. The number of nitrogens with zero attached hydrogens (tertiary/aromatic N) is 1. The molecule has 0 N–H and O–H groups in total. The molecule has 1 heteroatoms. The molecule has 0 aromatic rings. The molecule has 0 unspecified atom stereocenters. The van der Waals surface area contributed by atoms with Crippen LogP contribution in [0.1, 0.15) is 13.8 Å². The molecule has 0 aliphatic heterocycles. The molecule has 0 saturated carbocycles. The van der Waals surface area contributed by atoms with E-state index in [2.05, 4.69) is 18.2 Å². The molecule has 0 radical (unpaired) electrons. The molecule has 0 bridgehead atoms. The molecule has 0 spiro atoms. The van der Waals surface area contributed by atoms with Crippen molar-refractivity contribution in [3.8, 4) is 0 Å². The highest BCUT2D eigenvalue weighted by Crippen LogP contribution is 2.13. The van der Waals surface area contributed by atoms with Crippen molar-refractivity contribution < 1.29 is 0 Å². The summed E-state index contributed by atoms with van der Waals surface area (Å²) >= 11 is 0. The molecule has 0 amide bonds. The van der Waals surface area contributed by atoms with Crippen LogP contribution >= 0.6 is 0 Å². The van der Waals surface area contributed by atoms with Crippen molar-refractivity contribution in [2.75, 3.05) is 7.05 Å². The third-order valence-electron chi connectivity index (χ3n) is 1.84. The van der Waals surface area contributed by atoms with E-state index in [1.54, 1.807) is 13.1 Å². The Morgan fingerprint density at radius 1 is 1.31 bits per heavy atom. The summed E-state index contributed by atoms with van der Waals surface area (Å²) in [6.45, 7) is 11.4. The van der Waals surface area contributed by atoms with Gasteiger partial charge >= 0.3 is 0 Å². The Balaban J connectivity index is 5.09. The molecule has 0 aliphatic carbocycles. The van der Waals surface area contributed by atoms with Crippen LogP contribution < -0.4 is 0 Å². The molecule has 0 aromatic heterocycles. The summed E-state index contributed by atoms with van der Waals surface area (Å²) in [7, 11) is 1.79. The molecule has 0 rings (SSSR count). The lowest BCUT2D eigenvalue weighted by molar-refractivity contribution is 1.39. The molecule has 0 aromatic carbocycles. The van der Waals surface area contributed by atoms with Crippen LogP contribution in [0.4, 0.5) is 0 Å². The highest BCUT2D eigenvalue weighted by atomic mass is 14.7. The van der Waals surface area contributed by atoms with Crippen molar-refractivity contribution in [1.29, 1.82) is 0 Å². The monoisotopic (exact) mass is 175 g/mol. The smallest absolute Gasteiger partial charge is 0.0388 e. The van der Waals surface area contributed by atoms with E-state index in [9.17, 15) is 0 Å². The van der Waals surface area contributed by atoms with Crippen LogP contribution in [0.15, 0.2) is 53.6 Å². The van der Waals surface area contributed by atoms with E-state index < -0.39 is 0 Å². The van der Waals surface area contributed by atoms with Crippen LogP contribution in [0, 0.1) is 0 Å². The second kappa shape index (κ2) is 6.18. The summed E-state index contributed by atoms with van der Waals surface area (Å²) < 4.78 is 0. The highest BCUT2D eigenvalue weighted by molar-refractivity contribution is 6.02. The predicted molar refractivity (Wildman–Crippen MR) is 61.3 cm³/mol. The average molecular weight is 175 g/mol. The first-order chi connectivity index (χ1) is 6.21. The summed E-state index contributed by atoms with van der Waals surface area (Å²) in [5.41, 5.74) is 3.17. The van der Waals surface area contributed by atoms with E-state index in [-0.39, 0.29) is 0 Å². The van der Waals surface area contributed by atoms with Gasteiger partial charge in [0.1, 0.15) is 0 Å². The van der Waals surface area contributed by atoms with Gasteiger partial charge in [-0.25, -0.2) is 0 Å². The van der Waals surface area contributed by atoms with Gasteiger partial charge in [0, 0.05) is 12.8 Å². The molecule has 0 fully saturated rings. The van der Waals surface area contributed by atoms with Gasteiger partial charge in [-0.3, -0.25) is 4.99 Å². The van der Waals surface area contributed by atoms with Gasteiger partial charge in [0.05, 0.1) is 0 Å². The van der Waals surface area contributed by atoms with Crippen molar-refractivity contribution in [2.45, 2.75) is 13.8 Å². The summed E-state index contributed by atoms with van der Waals surface area (Å²) in [5.74, 6) is 0. The van der Waals surface area contributed by atoms with Crippen LogP contribution in [0.5, 0.6) is 0 Å². The fourth-order valence-corrected chi connectivity index (χ4v) is 1.10. The van der Waals surface area contributed by atoms with Crippen molar-refractivity contribution in [2.24, 2.45) is 4.99 Å². The maximum Gasteiger partial charge on any atom is 0.0388 e. The Kier molecular flexibility index (Phi) is 5.53. The molecule has 70 valence electrons. The van der Waals surface area contributed by atoms with Gasteiger partial charge in [-0.1, -0.05) is 37.5 Å². The first-order valence-corrected chi connectivity index (χ1v) is 4.26. The fraction of sp³-hybridized carbons (Fsp3) is 0.250. The topological polar surface area (TPSA) is 12.4 Å². The third kappa shape index (κ3) is 3.24. The minimum Gasteiger partial charge on any atom is -0.293 e. The number of aliphatic imine (C=N–C) groups is 1. The van der Waals surface area contributed by atoms with E-state index in [1.165, 1.54) is 0 Å². The first-order valence-electron chi connectivity index (χ1n) is 4.26. The van der Waals surface area contributed by atoms with Gasteiger partial charge in [0.25, 0.3) is 0 Å². The number of rotatable bonds is 4. The first kappa shape index (κ1) is 11.6. The van der Waals surface area contributed by atoms with Crippen molar-refractivity contribution >= 4 is 5.71 Å². The Morgan fingerprint density at radius 2 is 1.92 bits per heavy atom. The molecule has 1 nitrogen and oxygen atoms in total. The van der Waals surface area contributed by atoms with Gasteiger partial charge in [0.2, 0.25) is 0 Å². The maximum atomic E-state index is 4.14. The summed E-state index contributed by atoms with van der Waals surface area (Å²) in [6, 6.07) is 0. The standard InChI is InChI=1S/C12H17N/c1-6-9-11(7-2)12(8-3)10(4)13-5/h6-9H,1-2H2,3-5H3/b11-9-,12-8-,13-10?. The fourth-order valence-electron chi connectivity index (χ4n) is 1.10. The molecular weight excluding hydrogens is 158 g/mol. The summed E-state index contributed by atoms with van der Waals surface area (Å²) in [5, 5.41) is 0. The number of hydrogen-bond acceptors (Lipinski definition) is 1. The lowest BCUT2D eigenvalue weighted by Crippen LogP contribution is -1.99. The van der Waals surface area contributed by atoms with Crippen LogP contribution in [0.2, 0.25) is 0 Å². The predicted octanol–water partition coefficient (Wildman–Crippen LogP) is 3.32. The maximum absolute atomic E-state index is 4.14. The molecule has 13 heavy (non-hydrogen) atoms. The van der Waals surface area contributed by atoms with E-state index in [0.717, 1.165) is 16.9 Å². The van der Waals surface area contributed by atoms with Crippen LogP contribution in [0.3, 0.4) is 0 Å². The van der Waals surface area contributed by atoms with Crippen molar-refractivity contribution in [1.82, 2.24) is 0 Å². The Morgan fingerprint density at radius 3 is 2.23 bits per heavy atom.